The number of para-hydroxylation sites is 1. The topological polar surface area (TPSA) is 43.9 Å². The zero-order valence-electron chi connectivity index (χ0n) is 13.1. The van der Waals surface area contributed by atoms with E-state index in [0.29, 0.717) is 11.8 Å². The lowest BCUT2D eigenvalue weighted by Gasteiger charge is -2.18. The molecule has 1 atom stereocenters. The third-order valence-electron chi connectivity index (χ3n) is 4.16. The molecule has 0 spiro atoms. The first-order valence-corrected chi connectivity index (χ1v) is 7.69. The maximum absolute atomic E-state index is 5.68. The molecule has 0 fully saturated rings. The number of aromatic nitrogens is 3. The molecule has 4 nitrogen and oxygen atoms in total. The van der Waals surface area contributed by atoms with Crippen LogP contribution in [0.15, 0.2) is 65.1 Å². The van der Waals surface area contributed by atoms with Gasteiger partial charge in [0.15, 0.2) is 0 Å². The Morgan fingerprint density at radius 3 is 2.43 bits per heavy atom. The number of aryl methyl sites for hydroxylation is 1. The van der Waals surface area contributed by atoms with E-state index in [-0.39, 0.29) is 6.04 Å². The van der Waals surface area contributed by atoms with Gasteiger partial charge >= 0.3 is 0 Å². The van der Waals surface area contributed by atoms with Crippen molar-refractivity contribution in [3.8, 4) is 11.6 Å². The molecule has 1 unspecified atom stereocenters. The smallest absolute Gasteiger partial charge is 0.264 e. The molecule has 2 aromatic carbocycles. The van der Waals surface area contributed by atoms with Crippen molar-refractivity contribution in [1.29, 1.82) is 0 Å². The number of fused-ring (bicyclic) bond motifs is 1. The molecule has 114 valence electrons. The molecule has 0 aliphatic carbocycles. The van der Waals surface area contributed by atoms with Crippen molar-refractivity contribution in [3.63, 3.8) is 0 Å². The first-order chi connectivity index (χ1) is 11.2. The molecule has 0 saturated carbocycles. The number of hydrogen-bond donors (Lipinski definition) is 0. The lowest BCUT2D eigenvalue weighted by molar-refractivity contribution is 0.524. The number of nitrogens with zero attached hydrogens (tertiary/aromatic N) is 3. The number of rotatable bonds is 3. The highest BCUT2D eigenvalue weighted by Gasteiger charge is 2.20. The van der Waals surface area contributed by atoms with Gasteiger partial charge in [0.05, 0.1) is 6.04 Å². The highest BCUT2D eigenvalue weighted by molar-refractivity contribution is 5.86. The van der Waals surface area contributed by atoms with Gasteiger partial charge in [0.2, 0.25) is 5.89 Å². The maximum atomic E-state index is 5.68. The van der Waals surface area contributed by atoms with E-state index in [0.717, 1.165) is 11.2 Å². The molecule has 0 bridgehead atoms. The van der Waals surface area contributed by atoms with Crippen molar-refractivity contribution in [1.82, 2.24) is 14.8 Å². The Morgan fingerprint density at radius 2 is 1.70 bits per heavy atom. The second-order valence-electron chi connectivity index (χ2n) is 5.67. The standard InChI is InChI=1S/C19H17N3O/c1-13(15-8-4-3-5-9-15)22-17-11-7-6-10-16(17)12-18(22)19-21-20-14(2)23-19/h3-13H,1-2H3. The summed E-state index contributed by atoms with van der Waals surface area (Å²) in [5.41, 5.74) is 3.35. The lowest BCUT2D eigenvalue weighted by Crippen LogP contribution is -2.08. The molecule has 2 heterocycles. The molecule has 2 aromatic heterocycles. The van der Waals surface area contributed by atoms with E-state index < -0.39 is 0 Å². The first-order valence-electron chi connectivity index (χ1n) is 7.69. The van der Waals surface area contributed by atoms with Crippen molar-refractivity contribution >= 4 is 10.9 Å². The third kappa shape index (κ3) is 2.32. The van der Waals surface area contributed by atoms with Crippen molar-refractivity contribution in [2.75, 3.05) is 0 Å². The highest BCUT2D eigenvalue weighted by atomic mass is 16.4. The van der Waals surface area contributed by atoms with Crippen LogP contribution in [0.2, 0.25) is 0 Å². The zero-order chi connectivity index (χ0) is 15.8. The Morgan fingerprint density at radius 1 is 0.957 bits per heavy atom. The summed E-state index contributed by atoms with van der Waals surface area (Å²) in [5, 5.41) is 9.35. The molecule has 0 saturated heterocycles. The Bertz CT molecular complexity index is 953. The average molecular weight is 303 g/mol. The fraction of sp³-hybridized carbons (Fsp3) is 0.158. The van der Waals surface area contributed by atoms with Gasteiger partial charge in [-0.15, -0.1) is 10.2 Å². The van der Waals surface area contributed by atoms with Crippen LogP contribution in [0.25, 0.3) is 22.5 Å². The fourth-order valence-corrected chi connectivity index (χ4v) is 3.04. The first kappa shape index (κ1) is 13.8. The maximum Gasteiger partial charge on any atom is 0.264 e. The summed E-state index contributed by atoms with van der Waals surface area (Å²) in [5.74, 6) is 1.13. The van der Waals surface area contributed by atoms with Crippen LogP contribution in [0.5, 0.6) is 0 Å². The molecule has 4 rings (SSSR count). The minimum atomic E-state index is 0.165. The van der Waals surface area contributed by atoms with Gasteiger partial charge in [0.25, 0.3) is 5.89 Å². The summed E-state index contributed by atoms with van der Waals surface area (Å²) in [6, 6.07) is 21.1. The van der Waals surface area contributed by atoms with Gasteiger partial charge < -0.3 is 8.98 Å². The summed E-state index contributed by atoms with van der Waals surface area (Å²) in [6.07, 6.45) is 0. The van der Waals surface area contributed by atoms with Crippen LogP contribution in [-0.4, -0.2) is 14.8 Å². The zero-order valence-corrected chi connectivity index (χ0v) is 13.1. The van der Waals surface area contributed by atoms with E-state index in [4.69, 9.17) is 4.42 Å². The summed E-state index contributed by atoms with van der Waals surface area (Å²) in [6.45, 7) is 4.00. The fourth-order valence-electron chi connectivity index (χ4n) is 3.04. The summed E-state index contributed by atoms with van der Waals surface area (Å²) >= 11 is 0. The van der Waals surface area contributed by atoms with Gasteiger partial charge in [0, 0.05) is 17.8 Å². The molecule has 0 N–H and O–H groups in total. The summed E-state index contributed by atoms with van der Waals surface area (Å²) < 4.78 is 7.94. The van der Waals surface area contributed by atoms with Crippen LogP contribution in [0.4, 0.5) is 0 Å². The second kappa shape index (κ2) is 5.39. The second-order valence-corrected chi connectivity index (χ2v) is 5.67. The van der Waals surface area contributed by atoms with Gasteiger partial charge in [-0.05, 0) is 24.6 Å². The van der Waals surface area contributed by atoms with E-state index in [9.17, 15) is 0 Å². The Kier molecular flexibility index (Phi) is 3.23. The van der Waals surface area contributed by atoms with Crippen LogP contribution in [-0.2, 0) is 0 Å². The Hall–Kier alpha value is -2.88. The quantitative estimate of drug-likeness (QED) is 0.555. The van der Waals surface area contributed by atoms with E-state index >= 15 is 0 Å². The molecule has 23 heavy (non-hydrogen) atoms. The van der Waals surface area contributed by atoms with Gasteiger partial charge in [0.1, 0.15) is 5.69 Å². The predicted octanol–water partition coefficient (Wildman–Crippen LogP) is 4.61. The average Bonchev–Trinajstić information content (AvgIpc) is 3.18. The molecule has 0 aliphatic heterocycles. The van der Waals surface area contributed by atoms with Crippen LogP contribution >= 0.6 is 0 Å². The SMILES string of the molecule is Cc1nnc(-c2cc3ccccc3n2C(C)c2ccccc2)o1. The van der Waals surface area contributed by atoms with Gasteiger partial charge in [-0.2, -0.15) is 0 Å². The van der Waals surface area contributed by atoms with Crippen molar-refractivity contribution in [2.24, 2.45) is 0 Å². The normalized spacial score (nSPS) is 12.6. The van der Waals surface area contributed by atoms with Gasteiger partial charge in [-0.25, -0.2) is 0 Å². The molecule has 0 radical (unpaired) electrons. The molecular weight excluding hydrogens is 286 g/mol. The van der Waals surface area contributed by atoms with Gasteiger partial charge in [-0.3, -0.25) is 0 Å². The van der Waals surface area contributed by atoms with E-state index in [2.05, 4.69) is 70.2 Å². The number of benzene rings is 2. The van der Waals surface area contributed by atoms with E-state index in [1.54, 1.807) is 0 Å². The minimum absolute atomic E-state index is 0.165. The minimum Gasteiger partial charge on any atom is -0.420 e. The van der Waals surface area contributed by atoms with Crippen LogP contribution in [0.3, 0.4) is 0 Å². The van der Waals surface area contributed by atoms with E-state index in [1.807, 2.05) is 19.1 Å². The number of hydrogen-bond acceptors (Lipinski definition) is 3. The summed E-state index contributed by atoms with van der Waals surface area (Å²) in [4.78, 5) is 0. The van der Waals surface area contributed by atoms with Crippen LogP contribution < -0.4 is 0 Å². The molecule has 4 heteroatoms. The van der Waals surface area contributed by atoms with E-state index in [1.165, 1.54) is 10.9 Å². The van der Waals surface area contributed by atoms with Gasteiger partial charge in [-0.1, -0.05) is 48.5 Å². The van der Waals surface area contributed by atoms with Crippen LogP contribution in [0.1, 0.15) is 24.4 Å². The lowest BCUT2D eigenvalue weighted by atomic mass is 10.1. The van der Waals surface area contributed by atoms with Crippen LogP contribution in [0, 0.1) is 6.92 Å². The van der Waals surface area contributed by atoms with Crippen molar-refractivity contribution < 1.29 is 4.42 Å². The molecule has 4 aromatic rings. The molecular formula is C19H17N3O. The predicted molar refractivity (Wildman–Crippen MR) is 90.2 cm³/mol. The van der Waals surface area contributed by atoms with Crippen molar-refractivity contribution in [2.45, 2.75) is 19.9 Å². The third-order valence-corrected chi connectivity index (χ3v) is 4.16. The Balaban J connectivity index is 1.96. The Labute approximate surface area is 134 Å². The highest BCUT2D eigenvalue weighted by Crippen LogP contribution is 2.33. The summed E-state index contributed by atoms with van der Waals surface area (Å²) in [7, 11) is 0. The molecule has 0 amide bonds. The largest absolute Gasteiger partial charge is 0.420 e. The monoisotopic (exact) mass is 303 g/mol. The molecule has 0 aliphatic rings. The van der Waals surface area contributed by atoms with Crippen molar-refractivity contribution in [3.05, 3.63) is 72.1 Å².